The van der Waals surface area contributed by atoms with E-state index in [1.54, 1.807) is 21.9 Å². The third-order valence-electron chi connectivity index (χ3n) is 7.81. The van der Waals surface area contributed by atoms with Crippen LogP contribution in [0.1, 0.15) is 70.4 Å². The van der Waals surface area contributed by atoms with Crippen LogP contribution in [0.3, 0.4) is 0 Å². The van der Waals surface area contributed by atoms with E-state index in [9.17, 15) is 19.2 Å². The number of hydrogen-bond acceptors (Lipinski definition) is 6. The van der Waals surface area contributed by atoms with E-state index in [4.69, 9.17) is 4.42 Å². The van der Waals surface area contributed by atoms with E-state index in [1.807, 2.05) is 18.7 Å². The molecule has 4 heterocycles. The normalized spacial score (nSPS) is 24.8. The van der Waals surface area contributed by atoms with Crippen molar-refractivity contribution in [2.24, 2.45) is 17.8 Å². The number of fused-ring (bicyclic) bond motifs is 1. The first-order valence-electron chi connectivity index (χ1n) is 14.1. The lowest BCUT2D eigenvalue weighted by Gasteiger charge is -2.54. The Labute approximate surface area is 225 Å². The van der Waals surface area contributed by atoms with Crippen molar-refractivity contribution in [2.75, 3.05) is 32.7 Å². The summed E-state index contributed by atoms with van der Waals surface area (Å²) >= 11 is 0. The SMILES string of the molecule is CC(C)CC[C@@H]1C(=O)N(CC2CCNCC2)CC2N(C(=O)c3ccco3)C[C@@H](NC(=O)CC(C)C)C(=O)N21. The van der Waals surface area contributed by atoms with Crippen LogP contribution < -0.4 is 10.6 Å². The zero-order valence-electron chi connectivity index (χ0n) is 23.2. The van der Waals surface area contributed by atoms with Crippen LogP contribution in [0.15, 0.2) is 22.8 Å². The van der Waals surface area contributed by atoms with Crippen molar-refractivity contribution in [2.45, 2.75) is 78.0 Å². The quantitative estimate of drug-likeness (QED) is 0.506. The predicted octanol–water partition coefficient (Wildman–Crippen LogP) is 2.07. The zero-order chi connectivity index (χ0) is 27.4. The van der Waals surface area contributed by atoms with Crippen molar-refractivity contribution >= 4 is 23.6 Å². The molecule has 0 aliphatic carbocycles. The van der Waals surface area contributed by atoms with E-state index < -0.39 is 18.2 Å². The highest BCUT2D eigenvalue weighted by molar-refractivity contribution is 5.98. The number of rotatable bonds is 9. The highest BCUT2D eigenvalue weighted by Gasteiger charge is 2.52. The molecular formula is C28H43N5O5. The van der Waals surface area contributed by atoms with E-state index in [-0.39, 0.29) is 54.8 Å². The number of piperidine rings is 1. The molecule has 3 fully saturated rings. The Morgan fingerprint density at radius 3 is 2.45 bits per heavy atom. The van der Waals surface area contributed by atoms with Gasteiger partial charge in [-0.05, 0) is 68.7 Å². The molecule has 1 aromatic rings. The van der Waals surface area contributed by atoms with Crippen LogP contribution in [-0.2, 0) is 14.4 Å². The second-order valence-corrected chi connectivity index (χ2v) is 11.8. The second kappa shape index (κ2) is 12.3. The molecule has 0 aromatic carbocycles. The van der Waals surface area contributed by atoms with E-state index in [2.05, 4.69) is 24.5 Å². The van der Waals surface area contributed by atoms with Gasteiger partial charge in [0.25, 0.3) is 5.91 Å². The summed E-state index contributed by atoms with van der Waals surface area (Å²) in [6.07, 6.45) is 4.37. The number of amides is 4. The molecule has 3 atom stereocenters. The first kappa shape index (κ1) is 28.1. The number of carbonyl (C=O) groups excluding carboxylic acids is 4. The molecule has 38 heavy (non-hydrogen) atoms. The van der Waals surface area contributed by atoms with Crippen LogP contribution in [0.25, 0.3) is 0 Å². The van der Waals surface area contributed by atoms with Gasteiger partial charge in [-0.3, -0.25) is 19.2 Å². The van der Waals surface area contributed by atoms with E-state index in [1.165, 1.54) is 6.26 Å². The smallest absolute Gasteiger partial charge is 0.291 e. The Morgan fingerprint density at radius 1 is 1.08 bits per heavy atom. The van der Waals surface area contributed by atoms with E-state index >= 15 is 0 Å². The molecule has 4 rings (SSSR count). The van der Waals surface area contributed by atoms with Crippen LogP contribution in [0.4, 0.5) is 0 Å². The molecule has 10 heteroatoms. The highest BCUT2D eigenvalue weighted by Crippen LogP contribution is 2.31. The van der Waals surface area contributed by atoms with Gasteiger partial charge < -0.3 is 29.8 Å². The fourth-order valence-corrected chi connectivity index (χ4v) is 5.82. The molecule has 3 saturated heterocycles. The fraction of sp³-hybridized carbons (Fsp3) is 0.714. The first-order chi connectivity index (χ1) is 18.2. The summed E-state index contributed by atoms with van der Waals surface area (Å²) in [4.78, 5) is 59.2. The van der Waals surface area contributed by atoms with Gasteiger partial charge in [0.2, 0.25) is 17.7 Å². The van der Waals surface area contributed by atoms with Gasteiger partial charge >= 0.3 is 0 Å². The Balaban J connectivity index is 1.66. The number of nitrogens with zero attached hydrogens (tertiary/aromatic N) is 3. The molecule has 10 nitrogen and oxygen atoms in total. The van der Waals surface area contributed by atoms with Crippen molar-refractivity contribution in [3.8, 4) is 0 Å². The minimum absolute atomic E-state index is 0.0373. The van der Waals surface area contributed by atoms with Gasteiger partial charge in [0.15, 0.2) is 5.76 Å². The average Bonchev–Trinajstić information content (AvgIpc) is 3.41. The minimum atomic E-state index is -0.915. The minimum Gasteiger partial charge on any atom is -0.459 e. The summed E-state index contributed by atoms with van der Waals surface area (Å²) in [7, 11) is 0. The van der Waals surface area contributed by atoms with Gasteiger partial charge in [-0.1, -0.05) is 27.7 Å². The molecule has 0 saturated carbocycles. The number of piperazine rings is 1. The van der Waals surface area contributed by atoms with E-state index in [0.29, 0.717) is 24.8 Å². The van der Waals surface area contributed by atoms with Crippen LogP contribution >= 0.6 is 0 Å². The molecular weight excluding hydrogens is 486 g/mol. The molecule has 0 radical (unpaired) electrons. The lowest BCUT2D eigenvalue weighted by Crippen LogP contribution is -2.76. The third-order valence-corrected chi connectivity index (χ3v) is 7.81. The molecule has 1 unspecified atom stereocenters. The molecule has 0 spiro atoms. The van der Waals surface area contributed by atoms with Gasteiger partial charge in [0, 0.05) is 13.0 Å². The van der Waals surface area contributed by atoms with E-state index in [0.717, 1.165) is 32.4 Å². The molecule has 4 amide bonds. The summed E-state index contributed by atoms with van der Waals surface area (Å²) in [5.41, 5.74) is 0. The molecule has 1 aromatic heterocycles. The summed E-state index contributed by atoms with van der Waals surface area (Å²) in [5, 5.41) is 6.23. The number of nitrogens with one attached hydrogen (secondary N) is 2. The maximum Gasteiger partial charge on any atom is 0.291 e. The van der Waals surface area contributed by atoms with Gasteiger partial charge in [0.05, 0.1) is 19.4 Å². The molecule has 0 bridgehead atoms. The Morgan fingerprint density at radius 2 is 1.82 bits per heavy atom. The standard InChI is InChI=1S/C28H43N5O5/c1-18(2)7-8-22-27(36)31(15-20-9-11-29-12-10-20)17-25-32(28(37)23-6-5-13-38-23)16-21(26(35)33(22)25)30-24(34)14-19(3)4/h5-6,13,18-22,25,29H,7-12,14-17H2,1-4H3,(H,30,34)/t21-,22-,25?/m1/s1. The topological polar surface area (TPSA) is 115 Å². The maximum absolute atomic E-state index is 13.9. The van der Waals surface area contributed by atoms with Gasteiger partial charge in [0.1, 0.15) is 18.2 Å². The van der Waals surface area contributed by atoms with Crippen molar-refractivity contribution < 1.29 is 23.6 Å². The lowest BCUT2D eigenvalue weighted by molar-refractivity contribution is -0.171. The summed E-state index contributed by atoms with van der Waals surface area (Å²) in [5.74, 6) is 0.0921. The highest BCUT2D eigenvalue weighted by atomic mass is 16.3. The molecule has 210 valence electrons. The first-order valence-corrected chi connectivity index (χ1v) is 14.1. The van der Waals surface area contributed by atoms with Gasteiger partial charge in [-0.15, -0.1) is 0 Å². The number of carbonyl (C=O) groups is 4. The number of hydrogen-bond donors (Lipinski definition) is 2. The summed E-state index contributed by atoms with van der Waals surface area (Å²) in [6.45, 7) is 10.8. The predicted molar refractivity (Wildman–Crippen MR) is 142 cm³/mol. The summed E-state index contributed by atoms with van der Waals surface area (Å²) < 4.78 is 5.43. The van der Waals surface area contributed by atoms with Crippen molar-refractivity contribution in [1.82, 2.24) is 25.3 Å². The summed E-state index contributed by atoms with van der Waals surface area (Å²) in [6, 6.07) is 1.66. The Kier molecular flexibility index (Phi) is 9.12. The largest absolute Gasteiger partial charge is 0.459 e. The Hall–Kier alpha value is -2.88. The third kappa shape index (κ3) is 6.39. The van der Waals surface area contributed by atoms with Crippen LogP contribution in [0.2, 0.25) is 0 Å². The molecule has 3 aliphatic heterocycles. The monoisotopic (exact) mass is 529 g/mol. The fourth-order valence-electron chi connectivity index (χ4n) is 5.82. The number of furan rings is 1. The van der Waals surface area contributed by atoms with Crippen LogP contribution in [0.5, 0.6) is 0 Å². The molecule has 2 N–H and O–H groups in total. The second-order valence-electron chi connectivity index (χ2n) is 11.8. The molecule has 3 aliphatic rings. The average molecular weight is 530 g/mol. The maximum atomic E-state index is 13.9. The lowest BCUT2D eigenvalue weighted by atomic mass is 9.92. The van der Waals surface area contributed by atoms with Crippen LogP contribution in [0, 0.1) is 17.8 Å². The zero-order valence-corrected chi connectivity index (χ0v) is 23.2. The van der Waals surface area contributed by atoms with Crippen molar-refractivity contribution in [3.63, 3.8) is 0 Å². The van der Waals surface area contributed by atoms with Gasteiger partial charge in [-0.25, -0.2) is 0 Å². The van der Waals surface area contributed by atoms with Crippen molar-refractivity contribution in [1.29, 1.82) is 0 Å². The van der Waals surface area contributed by atoms with Crippen LogP contribution in [-0.4, -0.2) is 89.3 Å². The van der Waals surface area contributed by atoms with Crippen molar-refractivity contribution in [3.05, 3.63) is 24.2 Å². The van der Waals surface area contributed by atoms with Gasteiger partial charge in [-0.2, -0.15) is 0 Å². The Bertz CT molecular complexity index is 988.